The number of nitrogens with one attached hydrogen (secondary N) is 1. The van der Waals surface area contributed by atoms with Gasteiger partial charge in [-0.2, -0.15) is 26.3 Å². The van der Waals surface area contributed by atoms with Gasteiger partial charge < -0.3 is 15.0 Å². The molecule has 0 saturated heterocycles. The molecule has 0 unspecified atom stereocenters. The number of hydrogen-bond acceptors (Lipinski definition) is 5. The average molecular weight is 642 g/mol. The molecule has 1 heterocycles. The Morgan fingerprint density at radius 1 is 0.956 bits per heavy atom. The summed E-state index contributed by atoms with van der Waals surface area (Å²) >= 11 is 0. The second kappa shape index (κ2) is 16.7. The van der Waals surface area contributed by atoms with Gasteiger partial charge in [0.05, 0.1) is 17.8 Å². The quantitative estimate of drug-likeness (QED) is 0.204. The molecule has 0 saturated carbocycles. The van der Waals surface area contributed by atoms with Crippen molar-refractivity contribution in [2.45, 2.75) is 77.5 Å². The number of amides is 2. The van der Waals surface area contributed by atoms with E-state index in [4.69, 9.17) is 4.74 Å². The topological polar surface area (TPSA) is 88.1 Å². The van der Waals surface area contributed by atoms with Crippen LogP contribution >= 0.6 is 0 Å². The first-order valence-electron chi connectivity index (χ1n) is 13.8. The molecule has 1 aliphatic rings. The minimum absolute atomic E-state index is 0.443. The fraction of sp³-hybridized carbons (Fsp3) is 0.438. The summed E-state index contributed by atoms with van der Waals surface area (Å²) in [5.74, 6) is -3.63. The van der Waals surface area contributed by atoms with Gasteiger partial charge in [0.15, 0.2) is 0 Å². The molecule has 0 radical (unpaired) electrons. The van der Waals surface area contributed by atoms with Crippen molar-refractivity contribution in [3.8, 4) is 12.8 Å². The second-order valence-electron chi connectivity index (χ2n) is 10.8. The van der Waals surface area contributed by atoms with Gasteiger partial charge in [-0.1, -0.05) is 55.5 Å². The lowest BCUT2D eigenvalue weighted by Crippen LogP contribution is -2.48. The van der Waals surface area contributed by atoms with Gasteiger partial charge in [-0.25, -0.2) is 4.99 Å². The monoisotopic (exact) mass is 641 g/mol. The van der Waals surface area contributed by atoms with Crippen molar-refractivity contribution in [2.75, 3.05) is 11.9 Å². The number of benzene rings is 2. The third-order valence-corrected chi connectivity index (χ3v) is 6.05. The zero-order valence-electron chi connectivity index (χ0n) is 25.6. The summed E-state index contributed by atoms with van der Waals surface area (Å²) in [4.78, 5) is 44.7. The van der Waals surface area contributed by atoms with Crippen LogP contribution in [-0.4, -0.2) is 54.7 Å². The largest absolute Gasteiger partial charge is 0.460 e. The van der Waals surface area contributed by atoms with Crippen LogP contribution in [0.2, 0.25) is 0 Å². The number of carbonyl (C=O) groups excluding carboxylic acids is 3. The molecule has 2 aromatic rings. The zero-order chi connectivity index (χ0) is 34.6. The summed E-state index contributed by atoms with van der Waals surface area (Å²) in [6.45, 7) is 5.94. The Balaban J connectivity index is 0.00000113. The molecule has 2 atom stereocenters. The van der Waals surface area contributed by atoms with E-state index in [9.17, 15) is 40.7 Å². The molecule has 3 rings (SSSR count). The Hall–Kier alpha value is -4.34. The number of alkyl halides is 6. The SMILES string of the molecule is C#C.CCC(F)(F)F.CN1C(=O)[C@@H](NC(=O)[C@H](CCC(F)(F)F)CC(=O)OC(C)(C)C)N=C(c2ccccc2)c2ccccc21. The number of benzodiazepines with no additional fused rings is 1. The Bertz CT molecular complexity index is 1330. The van der Waals surface area contributed by atoms with E-state index in [0.29, 0.717) is 22.5 Å². The van der Waals surface area contributed by atoms with Crippen LogP contribution in [0.5, 0.6) is 0 Å². The summed E-state index contributed by atoms with van der Waals surface area (Å²) in [5, 5.41) is 2.49. The number of likely N-dealkylation sites (N-methyl/N-ethyl adjacent to an activating group) is 1. The van der Waals surface area contributed by atoms with Crippen LogP contribution in [0.1, 0.15) is 64.5 Å². The van der Waals surface area contributed by atoms with Gasteiger partial charge in [0.1, 0.15) is 5.60 Å². The molecule has 7 nitrogen and oxygen atoms in total. The summed E-state index contributed by atoms with van der Waals surface area (Å²) in [5.41, 5.74) is 1.48. The predicted molar refractivity (Wildman–Crippen MR) is 159 cm³/mol. The molecular weight excluding hydrogens is 604 g/mol. The number of ether oxygens (including phenoxy) is 1. The van der Waals surface area contributed by atoms with Crippen LogP contribution < -0.4 is 10.2 Å². The van der Waals surface area contributed by atoms with Crippen molar-refractivity contribution in [3.63, 3.8) is 0 Å². The molecule has 0 fully saturated rings. The van der Waals surface area contributed by atoms with Gasteiger partial charge in [-0.05, 0) is 33.3 Å². The Morgan fingerprint density at radius 3 is 2.00 bits per heavy atom. The molecule has 45 heavy (non-hydrogen) atoms. The first-order valence-corrected chi connectivity index (χ1v) is 13.8. The number of fused-ring (bicyclic) bond motifs is 1. The molecular formula is C32H37F6N3O4. The van der Waals surface area contributed by atoms with Gasteiger partial charge >= 0.3 is 18.3 Å². The van der Waals surface area contributed by atoms with Gasteiger partial charge in [0.2, 0.25) is 12.1 Å². The molecule has 0 aliphatic carbocycles. The normalized spacial score (nSPS) is 15.5. The number of para-hydroxylation sites is 1. The van der Waals surface area contributed by atoms with E-state index in [1.54, 1.807) is 69.3 Å². The van der Waals surface area contributed by atoms with Crippen molar-refractivity contribution < 1.29 is 45.5 Å². The summed E-state index contributed by atoms with van der Waals surface area (Å²) in [6, 6.07) is 16.1. The van der Waals surface area contributed by atoms with E-state index in [0.717, 1.165) is 6.92 Å². The standard InChI is InChI=1S/C27H30F3N3O4.C3H5F3.C2H2/c1-26(2,3)37-21(34)16-18(14-15-27(28,29)30)24(35)32-23-25(36)33(4)20-13-9-8-12-19(20)22(31-23)17-10-6-5-7-11-17;1-2-3(4,5)6;1-2/h5-13,18,23H,14-16H2,1-4H3,(H,32,35);2H2,1H3;1-2H/t18-,23-;;/m1../s1. The molecule has 1 N–H and O–H groups in total. The summed E-state index contributed by atoms with van der Waals surface area (Å²) in [6.07, 6.45) is -5.09. The number of carbonyl (C=O) groups is 3. The number of anilines is 1. The van der Waals surface area contributed by atoms with E-state index in [1.807, 2.05) is 6.07 Å². The van der Waals surface area contributed by atoms with Crippen molar-refractivity contribution >= 4 is 29.2 Å². The summed E-state index contributed by atoms with van der Waals surface area (Å²) < 4.78 is 76.5. The molecule has 2 amide bonds. The third-order valence-electron chi connectivity index (χ3n) is 6.05. The highest BCUT2D eigenvalue weighted by atomic mass is 19.4. The van der Waals surface area contributed by atoms with Crippen molar-refractivity contribution in [3.05, 3.63) is 65.7 Å². The third kappa shape index (κ3) is 13.5. The Labute approximate surface area is 259 Å². The number of nitrogens with zero attached hydrogens (tertiary/aromatic N) is 2. The smallest absolute Gasteiger partial charge is 0.389 e. The van der Waals surface area contributed by atoms with Crippen molar-refractivity contribution in [1.82, 2.24) is 5.32 Å². The lowest BCUT2D eigenvalue weighted by molar-refractivity contribution is -0.159. The van der Waals surface area contributed by atoms with E-state index >= 15 is 0 Å². The first-order chi connectivity index (χ1) is 20.8. The van der Waals surface area contributed by atoms with Crippen LogP contribution in [0.4, 0.5) is 32.0 Å². The summed E-state index contributed by atoms with van der Waals surface area (Å²) in [7, 11) is 1.53. The highest BCUT2D eigenvalue weighted by Gasteiger charge is 2.36. The van der Waals surface area contributed by atoms with Crippen LogP contribution in [0.15, 0.2) is 59.6 Å². The minimum Gasteiger partial charge on any atom is -0.460 e. The van der Waals surface area contributed by atoms with Crippen LogP contribution in [0, 0.1) is 18.8 Å². The zero-order valence-corrected chi connectivity index (χ0v) is 25.6. The molecule has 0 bridgehead atoms. The number of aliphatic imine (C=N–C) groups is 1. The fourth-order valence-corrected chi connectivity index (χ4v) is 3.94. The minimum atomic E-state index is -4.52. The van der Waals surface area contributed by atoms with Crippen molar-refractivity contribution in [2.24, 2.45) is 10.9 Å². The molecule has 13 heteroatoms. The number of halogens is 6. The van der Waals surface area contributed by atoms with E-state index in [-0.39, 0.29) is 0 Å². The highest BCUT2D eigenvalue weighted by Crippen LogP contribution is 2.29. The lowest BCUT2D eigenvalue weighted by atomic mass is 9.97. The van der Waals surface area contributed by atoms with Gasteiger partial charge in [-0.15, -0.1) is 12.8 Å². The predicted octanol–water partition coefficient (Wildman–Crippen LogP) is 6.84. The highest BCUT2D eigenvalue weighted by molar-refractivity contribution is 6.20. The molecule has 0 spiro atoms. The molecule has 2 aromatic carbocycles. The number of esters is 1. The second-order valence-corrected chi connectivity index (χ2v) is 10.8. The van der Waals surface area contributed by atoms with Crippen LogP contribution in [0.25, 0.3) is 0 Å². The number of hydrogen-bond donors (Lipinski definition) is 1. The van der Waals surface area contributed by atoms with E-state index in [2.05, 4.69) is 23.2 Å². The Kier molecular flexibility index (Phi) is 14.3. The lowest BCUT2D eigenvalue weighted by Gasteiger charge is -2.24. The Morgan fingerprint density at radius 2 is 1.49 bits per heavy atom. The van der Waals surface area contributed by atoms with Gasteiger partial charge in [-0.3, -0.25) is 14.4 Å². The van der Waals surface area contributed by atoms with Gasteiger partial charge in [0.25, 0.3) is 5.91 Å². The van der Waals surface area contributed by atoms with Gasteiger partial charge in [0, 0.05) is 36.9 Å². The maximum Gasteiger partial charge on any atom is 0.389 e. The molecule has 0 aromatic heterocycles. The first kappa shape index (κ1) is 38.7. The molecule has 246 valence electrons. The number of terminal acetylenes is 1. The van der Waals surface area contributed by atoms with E-state index < -0.39 is 73.5 Å². The van der Waals surface area contributed by atoms with Crippen LogP contribution in [0.3, 0.4) is 0 Å². The molecule has 1 aliphatic heterocycles. The maximum atomic E-state index is 13.3. The fourth-order valence-electron chi connectivity index (χ4n) is 3.94. The number of rotatable bonds is 7. The van der Waals surface area contributed by atoms with Crippen LogP contribution in [-0.2, 0) is 19.1 Å². The van der Waals surface area contributed by atoms with Crippen molar-refractivity contribution in [1.29, 1.82) is 0 Å². The van der Waals surface area contributed by atoms with E-state index in [1.165, 1.54) is 11.9 Å². The average Bonchev–Trinajstić information content (AvgIpc) is 3.06. The maximum absolute atomic E-state index is 13.3.